The molecule has 0 radical (unpaired) electrons. The molecule has 0 aliphatic carbocycles. The molecule has 0 bridgehead atoms. The van der Waals surface area contributed by atoms with Crippen LogP contribution >= 0.6 is 11.6 Å². The van der Waals surface area contributed by atoms with E-state index < -0.39 is 0 Å². The van der Waals surface area contributed by atoms with Gasteiger partial charge in [-0.3, -0.25) is 4.79 Å². The van der Waals surface area contributed by atoms with Gasteiger partial charge in [-0.1, -0.05) is 11.6 Å². The average Bonchev–Trinajstić information content (AvgIpc) is 2.33. The number of hydrogen-bond donors (Lipinski definition) is 1. The van der Waals surface area contributed by atoms with Crippen LogP contribution in [0, 0.1) is 0 Å². The van der Waals surface area contributed by atoms with Gasteiger partial charge in [0.1, 0.15) is 5.02 Å². The van der Waals surface area contributed by atoms with Crippen LogP contribution in [0.15, 0.2) is 10.9 Å². The molecule has 0 atom stereocenters. The molecule has 0 aromatic carbocycles. The maximum Gasteiger partial charge on any atom is 0.282 e. The first kappa shape index (κ1) is 12.6. The molecule has 1 aliphatic heterocycles. The van der Waals surface area contributed by atoms with Gasteiger partial charge in [-0.25, -0.2) is 5.10 Å². The number of H-pyrrole nitrogens is 1. The Kier molecular flexibility index (Phi) is 3.84. The number of nitrogens with zero attached hydrogens (tertiary/aromatic N) is 2. The Bertz CT molecular complexity index is 436. The molecule has 17 heavy (non-hydrogen) atoms. The minimum Gasteiger partial charge on any atom is -0.301 e. The van der Waals surface area contributed by atoms with E-state index in [2.05, 4.69) is 28.9 Å². The highest BCUT2D eigenvalue weighted by atomic mass is 35.5. The van der Waals surface area contributed by atoms with Crippen LogP contribution in [0.1, 0.15) is 38.3 Å². The normalized spacial score (nSPS) is 18.8. The smallest absolute Gasteiger partial charge is 0.282 e. The van der Waals surface area contributed by atoms with Gasteiger partial charge in [-0.15, -0.1) is 0 Å². The van der Waals surface area contributed by atoms with Gasteiger partial charge in [0.15, 0.2) is 0 Å². The molecule has 94 valence electrons. The SMILES string of the molecule is CC(C)N1CCC(c2cc(Cl)c(=O)[nH]n2)CC1. The second-order valence-electron chi connectivity index (χ2n) is 4.87. The van der Waals surface area contributed by atoms with Crippen molar-refractivity contribution >= 4 is 11.6 Å². The summed E-state index contributed by atoms with van der Waals surface area (Å²) in [5.74, 6) is 0.416. The minimum absolute atomic E-state index is 0.237. The molecule has 1 fully saturated rings. The lowest BCUT2D eigenvalue weighted by molar-refractivity contribution is 0.170. The van der Waals surface area contributed by atoms with Crippen molar-refractivity contribution in [2.45, 2.75) is 38.6 Å². The van der Waals surface area contributed by atoms with Crippen molar-refractivity contribution in [2.24, 2.45) is 0 Å². The molecular weight excluding hydrogens is 238 g/mol. The molecule has 4 nitrogen and oxygen atoms in total. The number of hydrogen-bond acceptors (Lipinski definition) is 3. The standard InChI is InChI=1S/C12H18ClN3O/c1-8(2)16-5-3-9(4-6-16)11-7-10(13)12(17)15-14-11/h7-9H,3-6H2,1-2H3,(H,15,17). The Morgan fingerprint density at radius 2 is 2.12 bits per heavy atom. The number of nitrogens with one attached hydrogen (secondary N) is 1. The molecule has 2 heterocycles. The summed E-state index contributed by atoms with van der Waals surface area (Å²) in [5.41, 5.74) is 0.605. The zero-order valence-corrected chi connectivity index (χ0v) is 11.0. The summed E-state index contributed by atoms with van der Waals surface area (Å²) in [6.07, 6.45) is 2.15. The number of halogens is 1. The molecule has 0 amide bonds. The molecule has 0 spiro atoms. The lowest BCUT2D eigenvalue weighted by atomic mass is 9.93. The fourth-order valence-electron chi connectivity index (χ4n) is 2.32. The van der Waals surface area contributed by atoms with Crippen LogP contribution in [0.2, 0.25) is 5.02 Å². The van der Waals surface area contributed by atoms with Crippen LogP contribution in [-0.4, -0.2) is 34.2 Å². The number of aromatic nitrogens is 2. The van der Waals surface area contributed by atoms with Crippen molar-refractivity contribution in [3.8, 4) is 0 Å². The van der Waals surface area contributed by atoms with Crippen molar-refractivity contribution in [3.05, 3.63) is 27.1 Å². The Morgan fingerprint density at radius 3 is 2.65 bits per heavy atom. The molecule has 1 aromatic rings. The molecule has 1 aromatic heterocycles. The monoisotopic (exact) mass is 255 g/mol. The highest BCUT2D eigenvalue weighted by Crippen LogP contribution is 2.27. The number of aromatic amines is 1. The maximum absolute atomic E-state index is 11.1. The number of piperidine rings is 1. The lowest BCUT2D eigenvalue weighted by Crippen LogP contribution is -2.38. The first-order valence-corrected chi connectivity index (χ1v) is 6.45. The van der Waals surface area contributed by atoms with Gasteiger partial charge in [0.2, 0.25) is 0 Å². The molecular formula is C12H18ClN3O. The van der Waals surface area contributed by atoms with E-state index >= 15 is 0 Å². The molecule has 1 aliphatic rings. The van der Waals surface area contributed by atoms with E-state index in [0.717, 1.165) is 31.6 Å². The van der Waals surface area contributed by atoms with Gasteiger partial charge in [0, 0.05) is 12.0 Å². The molecule has 1 saturated heterocycles. The highest BCUT2D eigenvalue weighted by molar-refractivity contribution is 6.30. The molecule has 0 saturated carbocycles. The van der Waals surface area contributed by atoms with Crippen molar-refractivity contribution < 1.29 is 0 Å². The summed E-state index contributed by atoms with van der Waals surface area (Å²) < 4.78 is 0. The van der Waals surface area contributed by atoms with Crippen LogP contribution in [-0.2, 0) is 0 Å². The topological polar surface area (TPSA) is 49.0 Å². The Hall–Kier alpha value is -0.870. The predicted molar refractivity (Wildman–Crippen MR) is 68.6 cm³/mol. The average molecular weight is 256 g/mol. The number of likely N-dealkylation sites (tertiary alicyclic amines) is 1. The van der Waals surface area contributed by atoms with Crippen molar-refractivity contribution in [1.29, 1.82) is 0 Å². The van der Waals surface area contributed by atoms with Crippen molar-refractivity contribution in [3.63, 3.8) is 0 Å². The quantitative estimate of drug-likeness (QED) is 0.880. The zero-order valence-electron chi connectivity index (χ0n) is 10.2. The van der Waals surface area contributed by atoms with Crippen molar-refractivity contribution in [2.75, 3.05) is 13.1 Å². The third kappa shape index (κ3) is 2.87. The maximum atomic E-state index is 11.1. The second kappa shape index (κ2) is 5.19. The van der Waals surface area contributed by atoms with Crippen LogP contribution in [0.5, 0.6) is 0 Å². The molecule has 2 rings (SSSR count). The third-order valence-electron chi connectivity index (χ3n) is 3.46. The van der Waals surface area contributed by atoms with E-state index in [0.29, 0.717) is 12.0 Å². The van der Waals surface area contributed by atoms with E-state index in [1.165, 1.54) is 0 Å². The summed E-state index contributed by atoms with van der Waals surface area (Å²) in [4.78, 5) is 13.6. The molecule has 1 N–H and O–H groups in total. The van der Waals surface area contributed by atoms with E-state index in [1.54, 1.807) is 6.07 Å². The van der Waals surface area contributed by atoms with E-state index in [9.17, 15) is 4.79 Å². The highest BCUT2D eigenvalue weighted by Gasteiger charge is 2.23. The zero-order chi connectivity index (χ0) is 12.4. The lowest BCUT2D eigenvalue weighted by Gasteiger charge is -2.34. The van der Waals surface area contributed by atoms with Gasteiger partial charge < -0.3 is 4.90 Å². The van der Waals surface area contributed by atoms with Gasteiger partial charge >= 0.3 is 0 Å². The Morgan fingerprint density at radius 1 is 1.47 bits per heavy atom. The minimum atomic E-state index is -0.310. The summed E-state index contributed by atoms with van der Waals surface area (Å²) in [6.45, 7) is 6.60. The summed E-state index contributed by atoms with van der Waals surface area (Å²) in [6, 6.07) is 2.30. The molecule has 0 unspecified atom stereocenters. The van der Waals surface area contributed by atoms with Crippen LogP contribution < -0.4 is 5.56 Å². The fraction of sp³-hybridized carbons (Fsp3) is 0.667. The fourth-order valence-corrected chi connectivity index (χ4v) is 2.47. The summed E-state index contributed by atoms with van der Waals surface area (Å²) in [5, 5.41) is 6.78. The van der Waals surface area contributed by atoms with E-state index in [4.69, 9.17) is 11.6 Å². The Balaban J connectivity index is 2.05. The summed E-state index contributed by atoms with van der Waals surface area (Å²) >= 11 is 5.82. The van der Waals surface area contributed by atoms with Crippen LogP contribution in [0.4, 0.5) is 0 Å². The number of rotatable bonds is 2. The largest absolute Gasteiger partial charge is 0.301 e. The first-order chi connectivity index (χ1) is 8.08. The predicted octanol–water partition coefficient (Wildman–Crippen LogP) is 2.01. The molecule has 5 heteroatoms. The van der Waals surface area contributed by atoms with Gasteiger partial charge in [0.05, 0.1) is 5.69 Å². The second-order valence-corrected chi connectivity index (χ2v) is 5.28. The van der Waals surface area contributed by atoms with E-state index in [1.807, 2.05) is 0 Å². The Labute approximate surface area is 106 Å². The summed E-state index contributed by atoms with van der Waals surface area (Å²) in [7, 11) is 0. The van der Waals surface area contributed by atoms with Crippen LogP contribution in [0.3, 0.4) is 0 Å². The first-order valence-electron chi connectivity index (χ1n) is 6.07. The third-order valence-corrected chi connectivity index (χ3v) is 3.74. The van der Waals surface area contributed by atoms with Gasteiger partial charge in [-0.05, 0) is 45.8 Å². The van der Waals surface area contributed by atoms with Gasteiger partial charge in [0.25, 0.3) is 5.56 Å². The van der Waals surface area contributed by atoms with Crippen molar-refractivity contribution in [1.82, 2.24) is 15.1 Å². The van der Waals surface area contributed by atoms with Crippen LogP contribution in [0.25, 0.3) is 0 Å². The van der Waals surface area contributed by atoms with E-state index in [-0.39, 0.29) is 10.6 Å². The van der Waals surface area contributed by atoms with Gasteiger partial charge in [-0.2, -0.15) is 5.10 Å².